The Labute approximate surface area is 106 Å². The van der Waals surface area contributed by atoms with E-state index in [1.807, 2.05) is 0 Å². The first kappa shape index (κ1) is 12.6. The van der Waals surface area contributed by atoms with Crippen LogP contribution >= 0.6 is 0 Å². The Morgan fingerprint density at radius 3 is 2.41 bits per heavy atom. The van der Waals surface area contributed by atoms with Crippen LogP contribution in [0.25, 0.3) is 0 Å². The molecular formula is C16H25N. The molecule has 1 heteroatoms. The van der Waals surface area contributed by atoms with Crippen molar-refractivity contribution in [3.05, 3.63) is 35.4 Å². The molecule has 1 aromatic rings. The van der Waals surface area contributed by atoms with Gasteiger partial charge in [0.05, 0.1) is 0 Å². The van der Waals surface area contributed by atoms with E-state index in [2.05, 4.69) is 50.4 Å². The summed E-state index contributed by atoms with van der Waals surface area (Å²) in [4.78, 5) is 0. The van der Waals surface area contributed by atoms with Crippen LogP contribution in [0.3, 0.4) is 0 Å². The number of hydrogen-bond donors (Lipinski definition) is 1. The van der Waals surface area contributed by atoms with Gasteiger partial charge in [0.2, 0.25) is 0 Å². The second-order valence-electron chi connectivity index (χ2n) is 5.60. The summed E-state index contributed by atoms with van der Waals surface area (Å²) in [7, 11) is 0. The summed E-state index contributed by atoms with van der Waals surface area (Å²) in [6, 6.07) is 9.29. The first-order valence-corrected chi connectivity index (χ1v) is 7.03. The van der Waals surface area contributed by atoms with Crippen molar-refractivity contribution in [1.29, 1.82) is 0 Å². The molecule has 0 aromatic heterocycles. The molecule has 2 rings (SSSR count). The molecule has 1 saturated heterocycles. The van der Waals surface area contributed by atoms with Crippen molar-refractivity contribution in [3.63, 3.8) is 0 Å². The molecule has 0 aliphatic carbocycles. The lowest BCUT2D eigenvalue weighted by atomic mass is 9.78. The van der Waals surface area contributed by atoms with E-state index in [0.717, 1.165) is 6.54 Å². The molecule has 1 heterocycles. The van der Waals surface area contributed by atoms with E-state index in [0.29, 0.717) is 5.92 Å². The SMILES string of the molecule is CCCc1ccc(C2(C(C)C)CCCN2)cc1. The van der Waals surface area contributed by atoms with Gasteiger partial charge in [-0.1, -0.05) is 51.5 Å². The molecular weight excluding hydrogens is 206 g/mol. The lowest BCUT2D eigenvalue weighted by molar-refractivity contribution is 0.277. The second-order valence-corrected chi connectivity index (χ2v) is 5.60. The van der Waals surface area contributed by atoms with Gasteiger partial charge in [-0.15, -0.1) is 0 Å². The third kappa shape index (κ3) is 2.40. The molecule has 1 aromatic carbocycles. The Hall–Kier alpha value is -0.820. The molecule has 0 amide bonds. The normalized spacial score (nSPS) is 24.5. The molecule has 0 spiro atoms. The maximum Gasteiger partial charge on any atom is 0.0458 e. The fourth-order valence-electron chi connectivity index (χ4n) is 3.10. The van der Waals surface area contributed by atoms with Crippen LogP contribution in [-0.4, -0.2) is 6.54 Å². The first-order valence-electron chi connectivity index (χ1n) is 7.03. The summed E-state index contributed by atoms with van der Waals surface area (Å²) in [5.74, 6) is 0.655. The van der Waals surface area contributed by atoms with Crippen LogP contribution in [0.1, 0.15) is 51.2 Å². The highest BCUT2D eigenvalue weighted by atomic mass is 15.0. The van der Waals surface area contributed by atoms with Gasteiger partial charge in [0, 0.05) is 5.54 Å². The van der Waals surface area contributed by atoms with E-state index in [1.165, 1.54) is 36.8 Å². The van der Waals surface area contributed by atoms with Crippen LogP contribution in [0.4, 0.5) is 0 Å². The smallest absolute Gasteiger partial charge is 0.0458 e. The number of nitrogens with one attached hydrogen (secondary N) is 1. The molecule has 0 radical (unpaired) electrons. The van der Waals surface area contributed by atoms with E-state index in [-0.39, 0.29) is 5.54 Å². The van der Waals surface area contributed by atoms with Gasteiger partial charge in [-0.3, -0.25) is 0 Å². The van der Waals surface area contributed by atoms with E-state index < -0.39 is 0 Å². The molecule has 1 fully saturated rings. The Bertz CT molecular complexity index is 344. The predicted molar refractivity (Wildman–Crippen MR) is 74.2 cm³/mol. The lowest BCUT2D eigenvalue weighted by Crippen LogP contribution is -2.41. The van der Waals surface area contributed by atoms with Gasteiger partial charge < -0.3 is 5.32 Å². The topological polar surface area (TPSA) is 12.0 Å². The van der Waals surface area contributed by atoms with Crippen molar-refractivity contribution < 1.29 is 0 Å². The van der Waals surface area contributed by atoms with Gasteiger partial charge in [-0.2, -0.15) is 0 Å². The van der Waals surface area contributed by atoms with Gasteiger partial charge in [-0.25, -0.2) is 0 Å². The quantitative estimate of drug-likeness (QED) is 0.829. The monoisotopic (exact) mass is 231 g/mol. The summed E-state index contributed by atoms with van der Waals surface area (Å²) < 4.78 is 0. The fourth-order valence-corrected chi connectivity index (χ4v) is 3.10. The zero-order valence-corrected chi connectivity index (χ0v) is 11.4. The average Bonchev–Trinajstić information content (AvgIpc) is 2.81. The Morgan fingerprint density at radius 1 is 1.24 bits per heavy atom. The van der Waals surface area contributed by atoms with Gasteiger partial charge in [0.25, 0.3) is 0 Å². The highest BCUT2D eigenvalue weighted by Gasteiger charge is 2.37. The third-order valence-corrected chi connectivity index (χ3v) is 4.18. The minimum atomic E-state index is 0.227. The molecule has 94 valence electrons. The van der Waals surface area contributed by atoms with Crippen molar-refractivity contribution in [3.8, 4) is 0 Å². The van der Waals surface area contributed by atoms with E-state index in [4.69, 9.17) is 0 Å². The Kier molecular flexibility index (Phi) is 3.88. The molecule has 17 heavy (non-hydrogen) atoms. The molecule has 0 saturated carbocycles. The van der Waals surface area contributed by atoms with Crippen molar-refractivity contribution in [2.45, 2.75) is 52.0 Å². The van der Waals surface area contributed by atoms with Crippen LogP contribution in [0.2, 0.25) is 0 Å². The highest BCUT2D eigenvalue weighted by molar-refractivity contribution is 5.30. The zero-order valence-electron chi connectivity index (χ0n) is 11.4. The summed E-state index contributed by atoms with van der Waals surface area (Å²) in [6.45, 7) is 8.06. The summed E-state index contributed by atoms with van der Waals surface area (Å²) >= 11 is 0. The Morgan fingerprint density at radius 2 is 1.94 bits per heavy atom. The van der Waals surface area contributed by atoms with Gasteiger partial charge in [0.1, 0.15) is 0 Å². The summed E-state index contributed by atoms with van der Waals surface area (Å²) in [6.07, 6.45) is 5.00. The number of benzene rings is 1. The molecule has 1 N–H and O–H groups in total. The van der Waals surface area contributed by atoms with Crippen molar-refractivity contribution >= 4 is 0 Å². The van der Waals surface area contributed by atoms with E-state index in [1.54, 1.807) is 0 Å². The van der Waals surface area contributed by atoms with Crippen molar-refractivity contribution in [1.82, 2.24) is 5.32 Å². The van der Waals surface area contributed by atoms with Crippen LogP contribution in [0.5, 0.6) is 0 Å². The van der Waals surface area contributed by atoms with Crippen LogP contribution in [0, 0.1) is 5.92 Å². The Balaban J connectivity index is 2.25. The first-order chi connectivity index (χ1) is 8.19. The predicted octanol–water partition coefficient (Wildman–Crippen LogP) is 3.87. The number of rotatable bonds is 4. The van der Waals surface area contributed by atoms with Gasteiger partial charge in [-0.05, 0) is 42.9 Å². The maximum atomic E-state index is 3.74. The highest BCUT2D eigenvalue weighted by Crippen LogP contribution is 2.37. The van der Waals surface area contributed by atoms with Crippen molar-refractivity contribution in [2.24, 2.45) is 5.92 Å². The third-order valence-electron chi connectivity index (χ3n) is 4.18. The molecule has 1 unspecified atom stereocenters. The summed E-state index contributed by atoms with van der Waals surface area (Å²) in [5.41, 5.74) is 3.17. The van der Waals surface area contributed by atoms with Crippen LogP contribution in [-0.2, 0) is 12.0 Å². The second kappa shape index (κ2) is 5.22. The van der Waals surface area contributed by atoms with E-state index in [9.17, 15) is 0 Å². The standard InChI is InChI=1S/C16H25N/c1-4-6-14-7-9-15(10-8-14)16(13(2)3)11-5-12-17-16/h7-10,13,17H,4-6,11-12H2,1-3H3. The largest absolute Gasteiger partial charge is 0.307 e. The molecule has 1 atom stereocenters. The van der Waals surface area contributed by atoms with Crippen LogP contribution < -0.4 is 5.32 Å². The average molecular weight is 231 g/mol. The minimum absolute atomic E-state index is 0.227. The fraction of sp³-hybridized carbons (Fsp3) is 0.625. The molecule has 0 bridgehead atoms. The van der Waals surface area contributed by atoms with Crippen LogP contribution in [0.15, 0.2) is 24.3 Å². The molecule has 1 aliphatic heterocycles. The number of aryl methyl sites for hydroxylation is 1. The minimum Gasteiger partial charge on any atom is -0.307 e. The maximum absolute atomic E-state index is 3.74. The van der Waals surface area contributed by atoms with Gasteiger partial charge >= 0.3 is 0 Å². The molecule has 1 nitrogen and oxygen atoms in total. The van der Waals surface area contributed by atoms with Gasteiger partial charge in [0.15, 0.2) is 0 Å². The lowest BCUT2D eigenvalue weighted by Gasteiger charge is -2.34. The van der Waals surface area contributed by atoms with E-state index >= 15 is 0 Å². The summed E-state index contributed by atoms with van der Waals surface area (Å²) in [5, 5.41) is 3.74. The number of hydrogen-bond acceptors (Lipinski definition) is 1. The van der Waals surface area contributed by atoms with Crippen molar-refractivity contribution in [2.75, 3.05) is 6.54 Å². The zero-order chi connectivity index (χ0) is 12.3. The molecule has 1 aliphatic rings.